The number of aliphatic imine (C=N–C) groups is 1. The molecule has 0 saturated heterocycles. The molecule has 0 aliphatic rings. The lowest BCUT2D eigenvalue weighted by Gasteiger charge is -2.24. The first kappa shape index (κ1) is 18.9. The predicted molar refractivity (Wildman–Crippen MR) is 93.8 cm³/mol. The summed E-state index contributed by atoms with van der Waals surface area (Å²) in [6, 6.07) is 3.79. The Morgan fingerprint density at radius 3 is 2.17 bits per heavy atom. The van der Waals surface area contributed by atoms with Crippen LogP contribution in [0.5, 0.6) is 17.2 Å². The van der Waals surface area contributed by atoms with Crippen LogP contribution in [0.4, 0.5) is 0 Å². The summed E-state index contributed by atoms with van der Waals surface area (Å²) in [5, 5.41) is 6.60. The average Bonchev–Trinajstić information content (AvgIpc) is 2.50. The number of guanidine groups is 1. The number of nitrogens with one attached hydrogen (secondary N) is 2. The molecule has 0 amide bonds. The van der Waals surface area contributed by atoms with Crippen LogP contribution in [-0.4, -0.2) is 39.4 Å². The van der Waals surface area contributed by atoms with Gasteiger partial charge in [0, 0.05) is 17.6 Å². The molecular weight excluding hydrogens is 294 g/mol. The van der Waals surface area contributed by atoms with E-state index in [1.807, 2.05) is 19.1 Å². The van der Waals surface area contributed by atoms with Crippen molar-refractivity contribution in [1.82, 2.24) is 10.6 Å². The van der Waals surface area contributed by atoms with E-state index in [0.717, 1.165) is 18.1 Å². The van der Waals surface area contributed by atoms with Crippen LogP contribution >= 0.6 is 0 Å². The summed E-state index contributed by atoms with van der Waals surface area (Å²) in [5.74, 6) is 2.62. The number of ether oxygens (including phenoxy) is 3. The molecule has 6 nitrogen and oxygen atoms in total. The van der Waals surface area contributed by atoms with Gasteiger partial charge in [0.05, 0.1) is 27.9 Å². The van der Waals surface area contributed by atoms with Gasteiger partial charge in [-0.25, -0.2) is 4.99 Å². The predicted octanol–water partition coefficient (Wildman–Crippen LogP) is 2.57. The molecule has 0 aliphatic heterocycles. The molecule has 0 heterocycles. The van der Waals surface area contributed by atoms with Gasteiger partial charge in [-0.05, 0) is 39.8 Å². The summed E-state index contributed by atoms with van der Waals surface area (Å²) in [6.45, 7) is 9.58. The number of benzene rings is 1. The molecule has 2 N–H and O–H groups in total. The Labute approximate surface area is 139 Å². The van der Waals surface area contributed by atoms with E-state index < -0.39 is 0 Å². The van der Waals surface area contributed by atoms with Crippen molar-refractivity contribution in [2.45, 2.75) is 39.8 Å². The standard InChI is InChI=1S/C17H29N3O3/c1-8-18-16(20-17(2,3)4)19-11-12-9-10-13(21-5)15(23-7)14(12)22-6/h9-10H,8,11H2,1-7H3,(H2,18,19,20). The van der Waals surface area contributed by atoms with E-state index in [2.05, 4.69) is 36.4 Å². The second kappa shape index (κ2) is 8.50. The minimum Gasteiger partial charge on any atom is -0.493 e. The number of methoxy groups -OCH3 is 3. The smallest absolute Gasteiger partial charge is 0.203 e. The summed E-state index contributed by atoms with van der Waals surface area (Å²) < 4.78 is 16.2. The van der Waals surface area contributed by atoms with Crippen LogP contribution in [-0.2, 0) is 6.54 Å². The van der Waals surface area contributed by atoms with E-state index in [1.54, 1.807) is 21.3 Å². The molecule has 23 heavy (non-hydrogen) atoms. The van der Waals surface area contributed by atoms with Gasteiger partial charge in [0.1, 0.15) is 0 Å². The first-order valence-electron chi connectivity index (χ1n) is 7.70. The van der Waals surface area contributed by atoms with Gasteiger partial charge in [0.15, 0.2) is 17.5 Å². The number of rotatable bonds is 6. The second-order valence-electron chi connectivity index (χ2n) is 6.06. The van der Waals surface area contributed by atoms with Crippen LogP contribution in [0.25, 0.3) is 0 Å². The molecule has 0 saturated carbocycles. The van der Waals surface area contributed by atoms with Crippen molar-refractivity contribution < 1.29 is 14.2 Å². The van der Waals surface area contributed by atoms with Gasteiger partial charge in [-0.1, -0.05) is 0 Å². The van der Waals surface area contributed by atoms with Crippen LogP contribution in [0.15, 0.2) is 17.1 Å². The molecule has 1 aromatic rings. The van der Waals surface area contributed by atoms with E-state index in [0.29, 0.717) is 23.8 Å². The Morgan fingerprint density at radius 2 is 1.70 bits per heavy atom. The van der Waals surface area contributed by atoms with Crippen molar-refractivity contribution in [3.63, 3.8) is 0 Å². The first-order chi connectivity index (χ1) is 10.9. The fraction of sp³-hybridized carbons (Fsp3) is 0.588. The lowest BCUT2D eigenvalue weighted by Crippen LogP contribution is -2.47. The van der Waals surface area contributed by atoms with E-state index in [-0.39, 0.29) is 5.54 Å². The zero-order valence-corrected chi connectivity index (χ0v) is 15.2. The van der Waals surface area contributed by atoms with Gasteiger partial charge in [-0.3, -0.25) is 0 Å². The average molecular weight is 323 g/mol. The summed E-state index contributed by atoms with van der Waals surface area (Å²) in [5.41, 5.74) is 0.860. The maximum Gasteiger partial charge on any atom is 0.203 e. The highest BCUT2D eigenvalue weighted by molar-refractivity contribution is 5.80. The maximum atomic E-state index is 5.49. The van der Waals surface area contributed by atoms with Crippen LogP contribution in [0, 0.1) is 0 Å². The topological polar surface area (TPSA) is 64.1 Å². The highest BCUT2D eigenvalue weighted by Crippen LogP contribution is 2.39. The van der Waals surface area contributed by atoms with Crippen LogP contribution in [0.2, 0.25) is 0 Å². The second-order valence-corrected chi connectivity index (χ2v) is 6.06. The van der Waals surface area contributed by atoms with Gasteiger partial charge >= 0.3 is 0 Å². The zero-order chi connectivity index (χ0) is 17.5. The molecule has 0 aliphatic carbocycles. The molecule has 130 valence electrons. The monoisotopic (exact) mass is 323 g/mol. The molecule has 0 unspecified atom stereocenters. The molecule has 0 aromatic heterocycles. The molecule has 0 spiro atoms. The maximum absolute atomic E-state index is 5.49. The summed E-state index contributed by atoms with van der Waals surface area (Å²) in [4.78, 5) is 4.63. The zero-order valence-electron chi connectivity index (χ0n) is 15.2. The van der Waals surface area contributed by atoms with E-state index in [9.17, 15) is 0 Å². The number of hydrogen-bond acceptors (Lipinski definition) is 4. The number of nitrogens with zero attached hydrogens (tertiary/aromatic N) is 1. The van der Waals surface area contributed by atoms with E-state index in [1.165, 1.54) is 0 Å². The largest absolute Gasteiger partial charge is 0.493 e. The van der Waals surface area contributed by atoms with Crippen molar-refractivity contribution in [2.24, 2.45) is 4.99 Å². The Bertz CT molecular complexity index is 537. The highest BCUT2D eigenvalue weighted by Gasteiger charge is 2.16. The molecule has 0 fully saturated rings. The Morgan fingerprint density at radius 1 is 1.04 bits per heavy atom. The molecule has 1 aromatic carbocycles. The Hall–Kier alpha value is -2.11. The summed E-state index contributed by atoms with van der Waals surface area (Å²) >= 11 is 0. The third-order valence-corrected chi connectivity index (χ3v) is 3.03. The lowest BCUT2D eigenvalue weighted by atomic mass is 10.1. The van der Waals surface area contributed by atoms with Crippen LogP contribution in [0.1, 0.15) is 33.3 Å². The van der Waals surface area contributed by atoms with Crippen molar-refractivity contribution >= 4 is 5.96 Å². The van der Waals surface area contributed by atoms with Crippen LogP contribution < -0.4 is 24.8 Å². The first-order valence-corrected chi connectivity index (χ1v) is 7.70. The van der Waals surface area contributed by atoms with E-state index in [4.69, 9.17) is 14.2 Å². The van der Waals surface area contributed by atoms with Gasteiger partial charge in [-0.2, -0.15) is 0 Å². The van der Waals surface area contributed by atoms with Crippen molar-refractivity contribution in [1.29, 1.82) is 0 Å². The highest BCUT2D eigenvalue weighted by atomic mass is 16.5. The van der Waals surface area contributed by atoms with Crippen LogP contribution in [0.3, 0.4) is 0 Å². The van der Waals surface area contributed by atoms with Gasteiger partial charge in [-0.15, -0.1) is 0 Å². The van der Waals surface area contributed by atoms with E-state index >= 15 is 0 Å². The molecule has 0 bridgehead atoms. The van der Waals surface area contributed by atoms with Gasteiger partial charge in [0.25, 0.3) is 0 Å². The molecule has 0 atom stereocenters. The molecule has 6 heteroatoms. The molecule has 0 radical (unpaired) electrons. The lowest BCUT2D eigenvalue weighted by molar-refractivity contribution is 0.322. The van der Waals surface area contributed by atoms with Crippen molar-refractivity contribution in [3.8, 4) is 17.2 Å². The minimum atomic E-state index is -0.0668. The fourth-order valence-corrected chi connectivity index (χ4v) is 2.11. The molecular formula is C17H29N3O3. The molecule has 1 rings (SSSR count). The van der Waals surface area contributed by atoms with Gasteiger partial charge in [0.2, 0.25) is 5.75 Å². The Balaban J connectivity index is 3.08. The van der Waals surface area contributed by atoms with Crippen molar-refractivity contribution in [3.05, 3.63) is 17.7 Å². The minimum absolute atomic E-state index is 0.0668. The van der Waals surface area contributed by atoms with Gasteiger partial charge < -0.3 is 24.8 Å². The Kier molecular flexibility index (Phi) is 7.00. The third kappa shape index (κ3) is 5.54. The summed E-state index contributed by atoms with van der Waals surface area (Å²) in [7, 11) is 4.81. The SMILES string of the molecule is CCNC(=NCc1ccc(OC)c(OC)c1OC)NC(C)(C)C. The normalized spacial score (nSPS) is 11.9. The quantitative estimate of drug-likeness (QED) is 0.622. The summed E-state index contributed by atoms with van der Waals surface area (Å²) in [6.07, 6.45) is 0. The third-order valence-electron chi connectivity index (χ3n) is 3.03. The number of hydrogen-bond donors (Lipinski definition) is 2. The van der Waals surface area contributed by atoms with Crippen molar-refractivity contribution in [2.75, 3.05) is 27.9 Å². The fourth-order valence-electron chi connectivity index (χ4n) is 2.11.